The zero-order chi connectivity index (χ0) is 17.8. The quantitative estimate of drug-likeness (QED) is 0.686. The first kappa shape index (κ1) is 17.5. The van der Waals surface area contributed by atoms with E-state index in [0.29, 0.717) is 33.9 Å². The normalized spacial score (nSPS) is 10.7. The molecule has 5 nitrogen and oxygen atoms in total. The molecule has 1 amide bonds. The number of hydrogen-bond donors (Lipinski definition) is 1. The van der Waals surface area contributed by atoms with E-state index < -0.39 is 0 Å². The minimum Gasteiger partial charge on any atom is -0.339 e. The second-order valence-electron chi connectivity index (χ2n) is 5.47. The highest BCUT2D eigenvalue weighted by molar-refractivity contribution is 6.39. The fourth-order valence-corrected chi connectivity index (χ4v) is 2.82. The van der Waals surface area contributed by atoms with Crippen LogP contribution in [0.2, 0.25) is 10.0 Å². The molecule has 0 saturated heterocycles. The van der Waals surface area contributed by atoms with E-state index in [1.807, 2.05) is 31.2 Å². The van der Waals surface area contributed by atoms with Crippen LogP contribution in [-0.4, -0.2) is 16.0 Å². The van der Waals surface area contributed by atoms with Gasteiger partial charge in [0.1, 0.15) is 0 Å². The summed E-state index contributed by atoms with van der Waals surface area (Å²) in [5.74, 6) is 0.687. The van der Waals surface area contributed by atoms with Gasteiger partial charge in [0, 0.05) is 18.4 Å². The van der Waals surface area contributed by atoms with Crippen molar-refractivity contribution < 1.29 is 9.32 Å². The smallest absolute Gasteiger partial charge is 0.227 e. The number of amides is 1. The zero-order valence-corrected chi connectivity index (χ0v) is 14.9. The summed E-state index contributed by atoms with van der Waals surface area (Å²) in [5, 5.41) is 7.46. The molecule has 3 aromatic rings. The van der Waals surface area contributed by atoms with Crippen LogP contribution >= 0.6 is 23.2 Å². The second kappa shape index (κ2) is 7.68. The van der Waals surface area contributed by atoms with Crippen LogP contribution in [0, 0.1) is 6.92 Å². The summed E-state index contributed by atoms with van der Waals surface area (Å²) in [5.41, 5.74) is 2.37. The number of aromatic nitrogens is 2. The molecule has 3 rings (SSSR count). The minimum atomic E-state index is -0.231. The number of rotatable bonds is 5. The van der Waals surface area contributed by atoms with E-state index in [0.717, 1.165) is 11.1 Å². The summed E-state index contributed by atoms with van der Waals surface area (Å²) < 4.78 is 5.23. The van der Waals surface area contributed by atoms with E-state index in [2.05, 4.69) is 15.5 Å². The number of halogens is 2. The van der Waals surface area contributed by atoms with Gasteiger partial charge >= 0.3 is 0 Å². The minimum absolute atomic E-state index is 0.178. The maximum atomic E-state index is 12.1. The maximum absolute atomic E-state index is 12.1. The largest absolute Gasteiger partial charge is 0.339 e. The van der Waals surface area contributed by atoms with Crippen molar-refractivity contribution in [2.24, 2.45) is 0 Å². The predicted molar refractivity (Wildman–Crippen MR) is 97.9 cm³/mol. The van der Waals surface area contributed by atoms with E-state index >= 15 is 0 Å². The first-order chi connectivity index (χ1) is 12.0. The summed E-state index contributed by atoms with van der Waals surface area (Å²) in [4.78, 5) is 16.4. The lowest BCUT2D eigenvalue weighted by Gasteiger charge is -2.08. The van der Waals surface area contributed by atoms with Gasteiger partial charge in [0.2, 0.25) is 17.6 Å². The van der Waals surface area contributed by atoms with Crippen LogP contribution in [0.5, 0.6) is 0 Å². The molecule has 0 aliphatic heterocycles. The number of nitrogens with one attached hydrogen (secondary N) is 1. The first-order valence-electron chi connectivity index (χ1n) is 7.67. The van der Waals surface area contributed by atoms with E-state index in [9.17, 15) is 4.79 Å². The van der Waals surface area contributed by atoms with E-state index in [1.54, 1.807) is 18.2 Å². The Morgan fingerprint density at radius 1 is 1.12 bits per heavy atom. The van der Waals surface area contributed by atoms with Crippen LogP contribution in [0.1, 0.15) is 17.9 Å². The van der Waals surface area contributed by atoms with Crippen LogP contribution in [0.15, 0.2) is 47.0 Å². The molecule has 1 aromatic heterocycles. The number of carbonyl (C=O) groups excluding carboxylic acids is 1. The summed E-state index contributed by atoms with van der Waals surface area (Å²) in [6, 6.07) is 12.8. The molecule has 0 unspecified atom stereocenters. The van der Waals surface area contributed by atoms with E-state index in [4.69, 9.17) is 27.7 Å². The fraction of sp³-hybridized carbons (Fsp3) is 0.167. The predicted octanol–water partition coefficient (Wildman–Crippen LogP) is 4.92. The Morgan fingerprint density at radius 2 is 1.84 bits per heavy atom. The average molecular weight is 376 g/mol. The van der Waals surface area contributed by atoms with Crippen molar-refractivity contribution in [2.45, 2.75) is 19.8 Å². The van der Waals surface area contributed by atoms with Gasteiger partial charge in [-0.3, -0.25) is 4.79 Å². The first-order valence-corrected chi connectivity index (χ1v) is 8.42. The topological polar surface area (TPSA) is 68.0 Å². The monoisotopic (exact) mass is 375 g/mol. The Kier molecular flexibility index (Phi) is 5.36. The number of anilines is 1. The van der Waals surface area contributed by atoms with Crippen molar-refractivity contribution in [3.05, 3.63) is 64.0 Å². The summed E-state index contributed by atoms with van der Waals surface area (Å²) in [6.07, 6.45) is 0.504. The third-order valence-electron chi connectivity index (χ3n) is 3.65. The van der Waals surface area contributed by atoms with Crippen molar-refractivity contribution >= 4 is 34.8 Å². The summed E-state index contributed by atoms with van der Waals surface area (Å²) in [7, 11) is 0. The van der Waals surface area contributed by atoms with Gasteiger partial charge in [-0.1, -0.05) is 58.7 Å². The lowest BCUT2D eigenvalue weighted by molar-refractivity contribution is -0.116. The number of para-hydroxylation sites is 1. The average Bonchev–Trinajstić information content (AvgIpc) is 3.06. The molecule has 1 N–H and O–H groups in total. The van der Waals surface area contributed by atoms with Gasteiger partial charge in [-0.05, 0) is 24.6 Å². The van der Waals surface area contributed by atoms with Gasteiger partial charge in [0.15, 0.2) is 0 Å². The van der Waals surface area contributed by atoms with Crippen molar-refractivity contribution in [1.82, 2.24) is 10.1 Å². The van der Waals surface area contributed by atoms with Gasteiger partial charge in [-0.15, -0.1) is 0 Å². The van der Waals surface area contributed by atoms with Crippen LogP contribution in [0.3, 0.4) is 0 Å². The zero-order valence-electron chi connectivity index (χ0n) is 13.4. The third kappa shape index (κ3) is 4.18. The number of carbonyl (C=O) groups is 1. The standard InChI is InChI=1S/C18H15Cl2N3O2/c1-11-5-2-3-6-12(11)18-22-16(25-23-18)10-9-15(24)21-17-13(19)7-4-8-14(17)20/h2-8H,9-10H2,1H3,(H,21,24). The van der Waals surface area contributed by atoms with Crippen LogP contribution in [-0.2, 0) is 11.2 Å². The molecule has 0 bridgehead atoms. The number of nitrogens with zero attached hydrogens (tertiary/aromatic N) is 2. The maximum Gasteiger partial charge on any atom is 0.227 e. The van der Waals surface area contributed by atoms with Crippen molar-refractivity contribution in [2.75, 3.05) is 5.32 Å². The van der Waals surface area contributed by atoms with E-state index in [-0.39, 0.29) is 12.3 Å². The van der Waals surface area contributed by atoms with Crippen molar-refractivity contribution in [3.8, 4) is 11.4 Å². The van der Waals surface area contributed by atoms with Crippen molar-refractivity contribution in [1.29, 1.82) is 0 Å². The molecule has 0 atom stereocenters. The van der Waals surface area contributed by atoms with Crippen molar-refractivity contribution in [3.63, 3.8) is 0 Å². The SMILES string of the molecule is Cc1ccccc1-c1noc(CCC(=O)Nc2c(Cl)cccc2Cl)n1. The summed E-state index contributed by atoms with van der Waals surface area (Å²) in [6.45, 7) is 1.98. The Morgan fingerprint density at radius 3 is 2.56 bits per heavy atom. The van der Waals surface area contributed by atoms with Gasteiger partial charge in [-0.25, -0.2) is 0 Å². The lowest BCUT2D eigenvalue weighted by atomic mass is 10.1. The highest BCUT2D eigenvalue weighted by atomic mass is 35.5. The molecule has 0 aliphatic carbocycles. The molecular formula is C18H15Cl2N3O2. The molecule has 1 heterocycles. The molecule has 128 valence electrons. The van der Waals surface area contributed by atoms with Gasteiger partial charge < -0.3 is 9.84 Å². The molecule has 0 fully saturated rings. The molecule has 0 spiro atoms. The van der Waals surface area contributed by atoms with Crippen LogP contribution in [0.25, 0.3) is 11.4 Å². The van der Waals surface area contributed by atoms with Crippen LogP contribution < -0.4 is 5.32 Å². The molecule has 0 radical (unpaired) electrons. The molecule has 7 heteroatoms. The lowest BCUT2D eigenvalue weighted by Crippen LogP contribution is -2.13. The number of hydrogen-bond acceptors (Lipinski definition) is 4. The highest BCUT2D eigenvalue weighted by Gasteiger charge is 2.13. The van der Waals surface area contributed by atoms with Gasteiger partial charge in [0.05, 0.1) is 15.7 Å². The van der Waals surface area contributed by atoms with Crippen LogP contribution in [0.4, 0.5) is 5.69 Å². The number of aryl methyl sites for hydroxylation is 2. The molecule has 25 heavy (non-hydrogen) atoms. The molecule has 2 aromatic carbocycles. The van der Waals surface area contributed by atoms with Gasteiger partial charge in [-0.2, -0.15) is 4.98 Å². The van der Waals surface area contributed by atoms with E-state index in [1.165, 1.54) is 0 Å². The third-order valence-corrected chi connectivity index (χ3v) is 4.28. The number of benzene rings is 2. The molecule has 0 aliphatic rings. The van der Waals surface area contributed by atoms with Gasteiger partial charge in [0.25, 0.3) is 0 Å². The highest BCUT2D eigenvalue weighted by Crippen LogP contribution is 2.30. The molecular weight excluding hydrogens is 361 g/mol. The Hall–Kier alpha value is -2.37. The Balaban J connectivity index is 1.63. The Bertz CT molecular complexity index is 889. The fourth-order valence-electron chi connectivity index (χ4n) is 2.33. The molecule has 0 saturated carbocycles. The second-order valence-corrected chi connectivity index (χ2v) is 6.29. The Labute approximate surface area is 155 Å². The summed E-state index contributed by atoms with van der Waals surface area (Å²) >= 11 is 12.1.